The molecule has 0 bridgehead atoms. The number of anilines is 1. The van der Waals surface area contributed by atoms with Gasteiger partial charge in [-0.05, 0) is 49.6 Å². The van der Waals surface area contributed by atoms with Crippen molar-refractivity contribution in [2.45, 2.75) is 39.2 Å². The van der Waals surface area contributed by atoms with Gasteiger partial charge in [0.15, 0.2) is 0 Å². The highest BCUT2D eigenvalue weighted by Crippen LogP contribution is 2.37. The Morgan fingerprint density at radius 3 is 2.38 bits per heavy atom. The SMILES string of the molecule is Cc1ccc(NC(c2ccc(F)cc2)C2CCCC(C)C2=O)cc1. The van der Waals surface area contributed by atoms with E-state index in [9.17, 15) is 9.18 Å². The summed E-state index contributed by atoms with van der Waals surface area (Å²) in [5, 5.41) is 3.52. The molecule has 24 heavy (non-hydrogen) atoms. The standard InChI is InChI=1S/C21H24FNO/c1-14-6-12-18(13-7-14)23-20(16-8-10-17(22)11-9-16)19-5-3-4-15(2)21(19)24/h6-13,15,19-20,23H,3-5H2,1-2H3. The van der Waals surface area contributed by atoms with Crippen LogP contribution in [0.3, 0.4) is 0 Å². The molecular weight excluding hydrogens is 301 g/mol. The van der Waals surface area contributed by atoms with E-state index in [1.807, 2.05) is 26.0 Å². The van der Waals surface area contributed by atoms with Crippen LogP contribution in [0.1, 0.15) is 43.4 Å². The molecule has 0 aliphatic heterocycles. The van der Waals surface area contributed by atoms with Gasteiger partial charge in [-0.25, -0.2) is 4.39 Å². The molecule has 2 aromatic rings. The van der Waals surface area contributed by atoms with Crippen LogP contribution in [0.4, 0.5) is 10.1 Å². The number of ketones is 1. The van der Waals surface area contributed by atoms with Gasteiger partial charge in [-0.3, -0.25) is 4.79 Å². The molecule has 1 saturated carbocycles. The monoisotopic (exact) mass is 325 g/mol. The fraction of sp³-hybridized carbons (Fsp3) is 0.381. The molecule has 3 unspecified atom stereocenters. The van der Waals surface area contributed by atoms with Gasteiger partial charge in [-0.1, -0.05) is 43.2 Å². The van der Waals surface area contributed by atoms with Gasteiger partial charge in [-0.15, -0.1) is 0 Å². The number of benzene rings is 2. The fourth-order valence-electron chi connectivity index (χ4n) is 3.54. The molecule has 2 nitrogen and oxygen atoms in total. The van der Waals surface area contributed by atoms with E-state index in [1.165, 1.54) is 17.7 Å². The lowest BCUT2D eigenvalue weighted by atomic mass is 9.75. The smallest absolute Gasteiger partial charge is 0.141 e. The number of Topliss-reactive ketones (excluding diaryl/α,β-unsaturated/α-hetero) is 1. The average Bonchev–Trinajstić information content (AvgIpc) is 2.58. The van der Waals surface area contributed by atoms with Crippen LogP contribution in [0.15, 0.2) is 48.5 Å². The third-order valence-electron chi connectivity index (χ3n) is 5.01. The Hall–Kier alpha value is -2.16. The van der Waals surface area contributed by atoms with Gasteiger partial charge in [0.1, 0.15) is 11.6 Å². The summed E-state index contributed by atoms with van der Waals surface area (Å²) < 4.78 is 13.3. The Kier molecular flexibility index (Phi) is 4.98. The maximum Gasteiger partial charge on any atom is 0.141 e. The molecule has 126 valence electrons. The highest BCUT2D eigenvalue weighted by Gasteiger charge is 2.35. The molecule has 0 radical (unpaired) electrons. The second-order valence-corrected chi connectivity index (χ2v) is 6.88. The molecule has 0 saturated heterocycles. The molecule has 1 fully saturated rings. The molecule has 0 heterocycles. The normalized spacial score (nSPS) is 22.2. The summed E-state index contributed by atoms with van der Waals surface area (Å²) in [7, 11) is 0. The summed E-state index contributed by atoms with van der Waals surface area (Å²) in [4.78, 5) is 12.7. The van der Waals surface area contributed by atoms with Crippen molar-refractivity contribution in [3.63, 3.8) is 0 Å². The van der Waals surface area contributed by atoms with Crippen LogP contribution in [0.2, 0.25) is 0 Å². The van der Waals surface area contributed by atoms with Crippen molar-refractivity contribution >= 4 is 11.5 Å². The minimum atomic E-state index is -0.254. The number of halogens is 1. The molecule has 3 atom stereocenters. The first-order chi connectivity index (χ1) is 11.5. The first-order valence-corrected chi connectivity index (χ1v) is 8.67. The van der Waals surface area contributed by atoms with E-state index in [2.05, 4.69) is 17.4 Å². The van der Waals surface area contributed by atoms with E-state index < -0.39 is 0 Å². The molecule has 3 rings (SSSR count). The van der Waals surface area contributed by atoms with Crippen LogP contribution in [0.25, 0.3) is 0 Å². The van der Waals surface area contributed by atoms with Gasteiger partial charge >= 0.3 is 0 Å². The lowest BCUT2D eigenvalue weighted by Crippen LogP contribution is -2.34. The molecular formula is C21H24FNO. The number of carbonyl (C=O) groups excluding carboxylic acids is 1. The van der Waals surface area contributed by atoms with Crippen molar-refractivity contribution in [2.75, 3.05) is 5.32 Å². The van der Waals surface area contributed by atoms with Crippen LogP contribution in [-0.2, 0) is 4.79 Å². The number of hydrogen-bond acceptors (Lipinski definition) is 2. The van der Waals surface area contributed by atoms with Gasteiger partial charge in [0.05, 0.1) is 6.04 Å². The topological polar surface area (TPSA) is 29.1 Å². The predicted octanol–water partition coefficient (Wildman–Crippen LogP) is 5.29. The van der Waals surface area contributed by atoms with Crippen LogP contribution in [-0.4, -0.2) is 5.78 Å². The van der Waals surface area contributed by atoms with Crippen LogP contribution in [0.5, 0.6) is 0 Å². The largest absolute Gasteiger partial charge is 0.378 e. The summed E-state index contributed by atoms with van der Waals surface area (Å²) >= 11 is 0. The summed E-state index contributed by atoms with van der Waals surface area (Å²) in [5.41, 5.74) is 3.15. The van der Waals surface area contributed by atoms with E-state index in [1.54, 1.807) is 12.1 Å². The predicted molar refractivity (Wildman–Crippen MR) is 95.5 cm³/mol. The van der Waals surface area contributed by atoms with Crippen LogP contribution < -0.4 is 5.32 Å². The van der Waals surface area contributed by atoms with E-state index in [4.69, 9.17) is 0 Å². The van der Waals surface area contributed by atoms with Gasteiger partial charge in [0, 0.05) is 17.5 Å². The Morgan fingerprint density at radius 2 is 1.71 bits per heavy atom. The van der Waals surface area contributed by atoms with Crippen LogP contribution in [0, 0.1) is 24.6 Å². The zero-order chi connectivity index (χ0) is 17.1. The number of carbonyl (C=O) groups is 1. The molecule has 2 aromatic carbocycles. The third kappa shape index (κ3) is 3.66. The first kappa shape index (κ1) is 16.7. The second-order valence-electron chi connectivity index (χ2n) is 6.88. The Labute approximate surface area is 143 Å². The van der Waals surface area contributed by atoms with Crippen molar-refractivity contribution < 1.29 is 9.18 Å². The van der Waals surface area contributed by atoms with Crippen molar-refractivity contribution in [3.05, 3.63) is 65.5 Å². The Balaban J connectivity index is 1.92. The van der Waals surface area contributed by atoms with Crippen molar-refractivity contribution in [3.8, 4) is 0 Å². The van der Waals surface area contributed by atoms with E-state index in [0.29, 0.717) is 5.78 Å². The lowest BCUT2D eigenvalue weighted by molar-refractivity contribution is -0.129. The van der Waals surface area contributed by atoms with Gasteiger partial charge in [-0.2, -0.15) is 0 Å². The molecule has 1 N–H and O–H groups in total. The zero-order valence-corrected chi connectivity index (χ0v) is 14.3. The molecule has 3 heteroatoms. The maximum atomic E-state index is 13.3. The van der Waals surface area contributed by atoms with Gasteiger partial charge in [0.2, 0.25) is 0 Å². The number of hydrogen-bond donors (Lipinski definition) is 1. The molecule has 0 spiro atoms. The third-order valence-corrected chi connectivity index (χ3v) is 5.01. The summed E-state index contributed by atoms with van der Waals surface area (Å²) in [5.74, 6) is 0.0957. The van der Waals surface area contributed by atoms with Crippen LogP contribution >= 0.6 is 0 Å². The summed E-state index contributed by atoms with van der Waals surface area (Å²) in [6, 6.07) is 14.5. The summed E-state index contributed by atoms with van der Waals surface area (Å²) in [6.45, 7) is 4.07. The lowest BCUT2D eigenvalue weighted by Gasteiger charge is -2.33. The minimum Gasteiger partial charge on any atom is -0.378 e. The first-order valence-electron chi connectivity index (χ1n) is 8.67. The van der Waals surface area contributed by atoms with Gasteiger partial charge < -0.3 is 5.32 Å². The van der Waals surface area contributed by atoms with Gasteiger partial charge in [0.25, 0.3) is 0 Å². The number of rotatable bonds is 4. The summed E-state index contributed by atoms with van der Waals surface area (Å²) in [6.07, 6.45) is 2.91. The highest BCUT2D eigenvalue weighted by molar-refractivity contribution is 5.85. The number of nitrogens with one attached hydrogen (secondary N) is 1. The fourth-order valence-corrected chi connectivity index (χ4v) is 3.54. The van der Waals surface area contributed by atoms with Crippen molar-refractivity contribution in [1.82, 2.24) is 0 Å². The molecule has 0 aromatic heterocycles. The minimum absolute atomic E-state index is 0.0690. The van der Waals surface area contributed by atoms with E-state index >= 15 is 0 Å². The maximum absolute atomic E-state index is 13.3. The van der Waals surface area contributed by atoms with E-state index in [-0.39, 0.29) is 23.7 Å². The molecule has 0 amide bonds. The molecule has 1 aliphatic rings. The van der Waals surface area contributed by atoms with E-state index in [0.717, 1.165) is 30.5 Å². The van der Waals surface area contributed by atoms with Crippen molar-refractivity contribution in [1.29, 1.82) is 0 Å². The Morgan fingerprint density at radius 1 is 1.04 bits per heavy atom. The Bertz CT molecular complexity index is 693. The number of aryl methyl sites for hydroxylation is 1. The zero-order valence-electron chi connectivity index (χ0n) is 14.3. The second kappa shape index (κ2) is 7.16. The average molecular weight is 325 g/mol. The highest BCUT2D eigenvalue weighted by atomic mass is 19.1. The van der Waals surface area contributed by atoms with Crippen molar-refractivity contribution in [2.24, 2.45) is 11.8 Å². The quantitative estimate of drug-likeness (QED) is 0.827. The molecule has 1 aliphatic carbocycles.